The van der Waals surface area contributed by atoms with Gasteiger partial charge < -0.3 is 0 Å². The first-order valence-electron chi connectivity index (χ1n) is 4.59. The molecule has 0 N–H and O–H groups in total. The number of hydrogen-bond donors (Lipinski definition) is 0. The summed E-state index contributed by atoms with van der Waals surface area (Å²) in [5, 5.41) is 0. The van der Waals surface area contributed by atoms with Crippen molar-refractivity contribution in [2.45, 2.75) is 32.1 Å². The summed E-state index contributed by atoms with van der Waals surface area (Å²) in [7, 11) is -2.61. The van der Waals surface area contributed by atoms with E-state index < -0.39 is 10.4 Å². The molecule has 13 heavy (non-hydrogen) atoms. The summed E-state index contributed by atoms with van der Waals surface area (Å²) >= 11 is 0. The average Bonchev–Trinajstić information content (AvgIpc) is 2.57. The minimum Gasteiger partial charge on any atom is -0.252 e. The lowest BCUT2D eigenvalue weighted by molar-refractivity contribution is 0.227. The molecule has 0 spiro atoms. The van der Waals surface area contributed by atoms with Gasteiger partial charge in [0.2, 0.25) is 0 Å². The Hall–Kier alpha value is -0.130. The molecule has 0 radical (unpaired) electrons. The van der Waals surface area contributed by atoms with Crippen LogP contribution in [0.1, 0.15) is 32.1 Å². The van der Waals surface area contributed by atoms with Crippen molar-refractivity contribution in [2.75, 3.05) is 13.7 Å². The fraction of sp³-hybridized carbons (Fsp3) is 1.00. The normalized spacial score (nSPS) is 19.5. The molecular formula is C8H16O4S. The lowest BCUT2D eigenvalue weighted by atomic mass is 10.1. The van der Waals surface area contributed by atoms with Crippen LogP contribution in [0.4, 0.5) is 0 Å². The molecule has 5 heteroatoms. The van der Waals surface area contributed by atoms with Crippen molar-refractivity contribution in [3.05, 3.63) is 0 Å². The van der Waals surface area contributed by atoms with Crippen molar-refractivity contribution in [3.63, 3.8) is 0 Å². The summed E-state index contributed by atoms with van der Waals surface area (Å²) < 4.78 is 30.2. The zero-order valence-corrected chi connectivity index (χ0v) is 8.68. The van der Waals surface area contributed by atoms with E-state index in [1.54, 1.807) is 0 Å². The zero-order chi connectivity index (χ0) is 9.73. The predicted octanol–water partition coefficient (Wildman–Crippen LogP) is 1.47. The average molecular weight is 208 g/mol. The molecular weight excluding hydrogens is 192 g/mol. The third-order valence-electron chi connectivity index (χ3n) is 2.43. The maximum Gasteiger partial charge on any atom is 0.399 e. The van der Waals surface area contributed by atoms with Crippen LogP contribution in [0, 0.1) is 5.92 Å². The molecule has 0 aromatic heterocycles. The summed E-state index contributed by atoms with van der Waals surface area (Å²) in [4.78, 5) is 0. The Labute approximate surface area is 79.6 Å². The number of hydrogen-bond acceptors (Lipinski definition) is 4. The summed E-state index contributed by atoms with van der Waals surface area (Å²) in [6.07, 6.45) is 5.76. The van der Waals surface area contributed by atoms with E-state index in [9.17, 15) is 8.42 Å². The first kappa shape index (κ1) is 10.9. The van der Waals surface area contributed by atoms with Gasteiger partial charge in [0, 0.05) is 0 Å². The Kier molecular flexibility index (Phi) is 4.15. The molecule has 0 amide bonds. The summed E-state index contributed by atoms with van der Waals surface area (Å²) in [6, 6.07) is 0. The Morgan fingerprint density at radius 2 is 1.92 bits per heavy atom. The van der Waals surface area contributed by atoms with E-state index in [1.165, 1.54) is 25.7 Å². The molecule has 0 aromatic carbocycles. The van der Waals surface area contributed by atoms with Gasteiger partial charge in [-0.3, -0.25) is 4.18 Å². The third kappa shape index (κ3) is 4.06. The van der Waals surface area contributed by atoms with Gasteiger partial charge in [-0.2, -0.15) is 8.42 Å². The Morgan fingerprint density at radius 3 is 2.46 bits per heavy atom. The van der Waals surface area contributed by atoms with Crippen LogP contribution in [0.15, 0.2) is 0 Å². The van der Waals surface area contributed by atoms with E-state index >= 15 is 0 Å². The van der Waals surface area contributed by atoms with Crippen LogP contribution in [0.3, 0.4) is 0 Å². The standard InChI is InChI=1S/C8H16O4S/c1-11-13(9,10)12-7-6-8-4-2-3-5-8/h8H,2-7H2,1H3. The van der Waals surface area contributed by atoms with E-state index in [2.05, 4.69) is 8.37 Å². The molecule has 1 aliphatic carbocycles. The molecule has 0 aromatic rings. The van der Waals surface area contributed by atoms with Crippen LogP contribution in [0.5, 0.6) is 0 Å². The van der Waals surface area contributed by atoms with Crippen LogP contribution in [-0.4, -0.2) is 22.1 Å². The van der Waals surface area contributed by atoms with Gasteiger partial charge in [-0.05, 0) is 12.3 Å². The van der Waals surface area contributed by atoms with Crippen LogP contribution in [-0.2, 0) is 18.8 Å². The Bertz CT molecular complexity index is 229. The topological polar surface area (TPSA) is 52.6 Å². The summed E-state index contributed by atoms with van der Waals surface area (Å²) in [5.74, 6) is 0.645. The van der Waals surface area contributed by atoms with Crippen molar-refractivity contribution < 1.29 is 16.8 Å². The zero-order valence-electron chi connectivity index (χ0n) is 7.86. The highest BCUT2D eigenvalue weighted by molar-refractivity contribution is 7.81. The smallest absolute Gasteiger partial charge is 0.252 e. The van der Waals surface area contributed by atoms with Gasteiger partial charge in [0.25, 0.3) is 0 Å². The van der Waals surface area contributed by atoms with Gasteiger partial charge in [0.05, 0.1) is 13.7 Å². The second-order valence-electron chi connectivity index (χ2n) is 3.34. The molecule has 0 aliphatic heterocycles. The molecule has 1 aliphatic rings. The fourth-order valence-electron chi connectivity index (χ4n) is 1.66. The third-order valence-corrected chi connectivity index (χ3v) is 3.30. The molecule has 0 atom stereocenters. The Balaban J connectivity index is 2.13. The summed E-state index contributed by atoms with van der Waals surface area (Å²) in [5.41, 5.74) is 0. The molecule has 0 unspecified atom stereocenters. The monoisotopic (exact) mass is 208 g/mol. The van der Waals surface area contributed by atoms with Crippen molar-refractivity contribution >= 4 is 10.4 Å². The van der Waals surface area contributed by atoms with Crippen LogP contribution in [0.2, 0.25) is 0 Å². The highest BCUT2D eigenvalue weighted by Gasteiger charge is 2.16. The van der Waals surface area contributed by atoms with E-state index in [0.717, 1.165) is 13.5 Å². The van der Waals surface area contributed by atoms with Crippen LogP contribution < -0.4 is 0 Å². The van der Waals surface area contributed by atoms with E-state index in [0.29, 0.717) is 5.92 Å². The van der Waals surface area contributed by atoms with Crippen molar-refractivity contribution in [2.24, 2.45) is 5.92 Å². The van der Waals surface area contributed by atoms with Crippen LogP contribution in [0.25, 0.3) is 0 Å². The molecule has 1 saturated carbocycles. The van der Waals surface area contributed by atoms with Crippen molar-refractivity contribution in [1.82, 2.24) is 0 Å². The maximum atomic E-state index is 10.7. The molecule has 0 bridgehead atoms. The second-order valence-corrected chi connectivity index (χ2v) is 4.72. The minimum atomic E-state index is -3.71. The molecule has 0 saturated heterocycles. The Morgan fingerprint density at radius 1 is 1.31 bits per heavy atom. The van der Waals surface area contributed by atoms with Crippen LogP contribution >= 0.6 is 0 Å². The first-order valence-corrected chi connectivity index (χ1v) is 5.92. The van der Waals surface area contributed by atoms with Crippen molar-refractivity contribution in [3.8, 4) is 0 Å². The highest BCUT2D eigenvalue weighted by atomic mass is 32.3. The van der Waals surface area contributed by atoms with E-state index in [1.807, 2.05) is 0 Å². The van der Waals surface area contributed by atoms with Gasteiger partial charge >= 0.3 is 10.4 Å². The summed E-state index contributed by atoms with van der Waals surface area (Å²) in [6.45, 7) is 0.251. The van der Waals surface area contributed by atoms with Gasteiger partial charge in [0.15, 0.2) is 0 Å². The second kappa shape index (κ2) is 4.93. The maximum absolute atomic E-state index is 10.7. The quantitative estimate of drug-likeness (QED) is 0.686. The predicted molar refractivity (Wildman–Crippen MR) is 48.5 cm³/mol. The molecule has 4 nitrogen and oxygen atoms in total. The SMILES string of the molecule is COS(=O)(=O)OCCC1CCCC1. The number of rotatable bonds is 5. The van der Waals surface area contributed by atoms with E-state index in [4.69, 9.17) is 0 Å². The van der Waals surface area contributed by atoms with Gasteiger partial charge in [0.1, 0.15) is 0 Å². The molecule has 1 fully saturated rings. The molecule has 1 rings (SSSR count). The van der Waals surface area contributed by atoms with Gasteiger partial charge in [-0.1, -0.05) is 25.7 Å². The van der Waals surface area contributed by atoms with Crippen molar-refractivity contribution in [1.29, 1.82) is 0 Å². The van der Waals surface area contributed by atoms with E-state index in [-0.39, 0.29) is 6.61 Å². The van der Waals surface area contributed by atoms with Gasteiger partial charge in [-0.15, -0.1) is 0 Å². The highest BCUT2D eigenvalue weighted by Crippen LogP contribution is 2.27. The minimum absolute atomic E-state index is 0.251. The fourth-order valence-corrected chi connectivity index (χ4v) is 2.06. The first-order chi connectivity index (χ1) is 6.14. The molecule has 78 valence electrons. The van der Waals surface area contributed by atoms with Gasteiger partial charge in [-0.25, -0.2) is 4.18 Å². The lowest BCUT2D eigenvalue weighted by Gasteiger charge is -2.07. The molecule has 0 heterocycles. The lowest BCUT2D eigenvalue weighted by Crippen LogP contribution is -2.10. The largest absolute Gasteiger partial charge is 0.399 e.